The Balaban J connectivity index is 2.10. The van der Waals surface area contributed by atoms with Crippen molar-refractivity contribution >= 4 is 0 Å². The Bertz CT molecular complexity index is 479. The van der Waals surface area contributed by atoms with E-state index >= 15 is 0 Å². The van der Waals surface area contributed by atoms with Crippen molar-refractivity contribution in [2.75, 3.05) is 6.54 Å². The van der Waals surface area contributed by atoms with Gasteiger partial charge in [-0.25, -0.2) is 0 Å². The number of hydrogen-bond donors (Lipinski definition) is 1. The third-order valence-electron chi connectivity index (χ3n) is 4.58. The molecule has 1 aliphatic heterocycles. The minimum absolute atomic E-state index is 0.0898. The first-order chi connectivity index (χ1) is 10.4. The summed E-state index contributed by atoms with van der Waals surface area (Å²) in [5, 5.41) is 3.78. The molecule has 2 heteroatoms. The van der Waals surface area contributed by atoms with Crippen LogP contribution in [0.4, 0.5) is 0 Å². The van der Waals surface area contributed by atoms with E-state index in [-0.39, 0.29) is 5.60 Å². The zero-order chi connectivity index (χ0) is 16.2. The first kappa shape index (κ1) is 17.3. The van der Waals surface area contributed by atoms with E-state index in [1.165, 1.54) is 36.8 Å². The van der Waals surface area contributed by atoms with Gasteiger partial charge in [0.05, 0.1) is 0 Å². The van der Waals surface area contributed by atoms with Crippen molar-refractivity contribution in [3.8, 4) is 5.75 Å². The summed E-state index contributed by atoms with van der Waals surface area (Å²) in [4.78, 5) is 0. The summed E-state index contributed by atoms with van der Waals surface area (Å²) in [6, 6.07) is 7.14. The van der Waals surface area contributed by atoms with Crippen LogP contribution in [0.2, 0.25) is 0 Å². The van der Waals surface area contributed by atoms with Crippen molar-refractivity contribution in [1.29, 1.82) is 0 Å². The number of ether oxygens (including phenoxy) is 1. The van der Waals surface area contributed by atoms with Gasteiger partial charge in [-0.1, -0.05) is 52.2 Å². The van der Waals surface area contributed by atoms with Gasteiger partial charge in [0, 0.05) is 18.0 Å². The van der Waals surface area contributed by atoms with Gasteiger partial charge in [-0.05, 0) is 44.4 Å². The molecule has 0 bridgehead atoms. The van der Waals surface area contributed by atoms with Crippen LogP contribution in [0.3, 0.4) is 0 Å². The highest BCUT2D eigenvalue weighted by molar-refractivity contribution is 5.42. The van der Waals surface area contributed by atoms with E-state index in [0.29, 0.717) is 12.0 Å². The van der Waals surface area contributed by atoms with Crippen LogP contribution < -0.4 is 10.1 Å². The molecule has 2 rings (SSSR count). The van der Waals surface area contributed by atoms with Crippen molar-refractivity contribution in [1.82, 2.24) is 5.32 Å². The molecule has 1 aromatic rings. The average molecular weight is 303 g/mol. The lowest BCUT2D eigenvalue weighted by molar-refractivity contribution is 0.0660. The van der Waals surface area contributed by atoms with E-state index in [2.05, 4.69) is 58.1 Å². The van der Waals surface area contributed by atoms with E-state index in [1.807, 2.05) is 0 Å². The quantitative estimate of drug-likeness (QED) is 0.664. The molecule has 2 nitrogen and oxygen atoms in total. The van der Waals surface area contributed by atoms with E-state index in [0.717, 1.165) is 18.7 Å². The summed E-state index contributed by atoms with van der Waals surface area (Å²) in [6.45, 7) is 12.3. The number of nitrogens with one attached hydrogen (secondary N) is 1. The maximum Gasteiger partial charge on any atom is 0.124 e. The lowest BCUT2D eigenvalue weighted by atomic mass is 9.87. The van der Waals surface area contributed by atoms with Gasteiger partial charge < -0.3 is 10.1 Å². The van der Waals surface area contributed by atoms with Gasteiger partial charge in [-0.2, -0.15) is 0 Å². The second-order valence-corrected chi connectivity index (χ2v) is 7.59. The van der Waals surface area contributed by atoms with Crippen molar-refractivity contribution in [2.45, 2.75) is 84.3 Å². The van der Waals surface area contributed by atoms with Crippen LogP contribution in [-0.4, -0.2) is 12.1 Å². The highest BCUT2D eigenvalue weighted by Crippen LogP contribution is 2.40. The minimum Gasteiger partial charge on any atom is -0.487 e. The number of rotatable bonds is 7. The van der Waals surface area contributed by atoms with Gasteiger partial charge in [0.1, 0.15) is 11.4 Å². The topological polar surface area (TPSA) is 21.3 Å². The van der Waals surface area contributed by atoms with Gasteiger partial charge in [0.25, 0.3) is 0 Å². The van der Waals surface area contributed by atoms with Gasteiger partial charge >= 0.3 is 0 Å². The summed E-state index contributed by atoms with van der Waals surface area (Å²) < 4.78 is 6.19. The standard InChI is InChI=1S/C20H33NO/c1-6-7-8-9-12-21-18-14-20(4,5)22-19-11-10-16(15(2)3)13-17(18)19/h10-11,13,15,18,21H,6-9,12,14H2,1-5H3. The van der Waals surface area contributed by atoms with Crippen LogP contribution in [0.15, 0.2) is 18.2 Å². The van der Waals surface area contributed by atoms with Crippen molar-refractivity contribution in [2.24, 2.45) is 0 Å². The molecule has 1 atom stereocenters. The summed E-state index contributed by atoms with van der Waals surface area (Å²) in [5.74, 6) is 1.62. The highest BCUT2D eigenvalue weighted by atomic mass is 16.5. The van der Waals surface area contributed by atoms with Crippen molar-refractivity contribution < 1.29 is 4.74 Å². The summed E-state index contributed by atoms with van der Waals surface area (Å²) in [7, 11) is 0. The average Bonchev–Trinajstić information content (AvgIpc) is 2.45. The molecule has 124 valence electrons. The Morgan fingerprint density at radius 3 is 2.68 bits per heavy atom. The second kappa shape index (κ2) is 7.50. The van der Waals surface area contributed by atoms with Crippen LogP contribution in [0.1, 0.15) is 89.8 Å². The summed E-state index contributed by atoms with van der Waals surface area (Å²) in [6.07, 6.45) is 6.27. The molecule has 1 aliphatic rings. The van der Waals surface area contributed by atoms with E-state index in [4.69, 9.17) is 4.74 Å². The molecule has 0 radical (unpaired) electrons. The third kappa shape index (κ3) is 4.49. The normalized spacial score (nSPS) is 19.8. The van der Waals surface area contributed by atoms with Crippen LogP contribution in [0.5, 0.6) is 5.75 Å². The van der Waals surface area contributed by atoms with E-state index < -0.39 is 0 Å². The number of benzene rings is 1. The Morgan fingerprint density at radius 2 is 2.00 bits per heavy atom. The highest BCUT2D eigenvalue weighted by Gasteiger charge is 2.33. The molecular weight excluding hydrogens is 270 g/mol. The maximum atomic E-state index is 6.19. The molecule has 22 heavy (non-hydrogen) atoms. The predicted molar refractivity (Wildman–Crippen MR) is 94.7 cm³/mol. The largest absolute Gasteiger partial charge is 0.487 e. The molecule has 0 aromatic heterocycles. The molecule has 1 aromatic carbocycles. The van der Waals surface area contributed by atoms with E-state index in [1.54, 1.807) is 0 Å². The molecule has 1 unspecified atom stereocenters. The Hall–Kier alpha value is -1.02. The zero-order valence-electron chi connectivity index (χ0n) is 15.0. The maximum absolute atomic E-state index is 6.19. The fourth-order valence-corrected chi connectivity index (χ4v) is 3.24. The Labute approximate surface area is 136 Å². The fourth-order valence-electron chi connectivity index (χ4n) is 3.24. The van der Waals surface area contributed by atoms with Crippen LogP contribution in [0.25, 0.3) is 0 Å². The Kier molecular flexibility index (Phi) is 5.91. The predicted octanol–water partition coefficient (Wildman–Crippen LogP) is 5.58. The van der Waals surface area contributed by atoms with Crippen molar-refractivity contribution in [3.63, 3.8) is 0 Å². The van der Waals surface area contributed by atoms with Gasteiger partial charge in [-0.15, -0.1) is 0 Å². The fraction of sp³-hybridized carbons (Fsp3) is 0.700. The zero-order valence-corrected chi connectivity index (χ0v) is 15.0. The minimum atomic E-state index is -0.0898. The molecule has 0 saturated heterocycles. The SMILES string of the molecule is CCCCCCNC1CC(C)(C)Oc2ccc(C(C)C)cc21. The molecule has 0 aliphatic carbocycles. The lowest BCUT2D eigenvalue weighted by Crippen LogP contribution is -2.39. The first-order valence-corrected chi connectivity index (χ1v) is 8.99. The molecule has 0 saturated carbocycles. The molecule has 0 amide bonds. The molecule has 0 spiro atoms. The lowest BCUT2D eigenvalue weighted by Gasteiger charge is -2.38. The van der Waals surface area contributed by atoms with Gasteiger partial charge in [0.15, 0.2) is 0 Å². The summed E-state index contributed by atoms with van der Waals surface area (Å²) >= 11 is 0. The van der Waals surface area contributed by atoms with E-state index in [9.17, 15) is 0 Å². The summed E-state index contributed by atoms with van der Waals surface area (Å²) in [5.41, 5.74) is 2.66. The number of hydrogen-bond acceptors (Lipinski definition) is 2. The van der Waals surface area contributed by atoms with Crippen molar-refractivity contribution in [3.05, 3.63) is 29.3 Å². The van der Waals surface area contributed by atoms with Gasteiger partial charge in [-0.3, -0.25) is 0 Å². The van der Waals surface area contributed by atoms with Gasteiger partial charge in [0.2, 0.25) is 0 Å². The number of fused-ring (bicyclic) bond motifs is 1. The smallest absolute Gasteiger partial charge is 0.124 e. The van der Waals surface area contributed by atoms with Crippen LogP contribution in [0, 0.1) is 0 Å². The van der Waals surface area contributed by atoms with Crippen LogP contribution in [-0.2, 0) is 0 Å². The van der Waals surface area contributed by atoms with Crippen LogP contribution >= 0.6 is 0 Å². The Morgan fingerprint density at radius 1 is 1.23 bits per heavy atom. The molecule has 0 fully saturated rings. The molecule has 1 heterocycles. The molecular formula is C20H33NO. The third-order valence-corrected chi connectivity index (χ3v) is 4.58. The monoisotopic (exact) mass is 303 g/mol. The number of unbranched alkanes of at least 4 members (excludes halogenated alkanes) is 3. The second-order valence-electron chi connectivity index (χ2n) is 7.59. The first-order valence-electron chi connectivity index (χ1n) is 8.99. The molecule has 1 N–H and O–H groups in total.